The van der Waals surface area contributed by atoms with Crippen LogP contribution in [0.1, 0.15) is 40.5 Å². The summed E-state index contributed by atoms with van der Waals surface area (Å²) in [5.41, 5.74) is 0.0956. The molecule has 2 heteroatoms. The zero-order chi connectivity index (χ0) is 10.8. The number of nitrogens with zero attached hydrogens (tertiary/aromatic N) is 1. The molecule has 1 saturated heterocycles. The van der Waals surface area contributed by atoms with Crippen LogP contribution in [0.3, 0.4) is 0 Å². The lowest BCUT2D eigenvalue weighted by molar-refractivity contribution is 0.0809. The molecule has 0 spiro atoms. The lowest BCUT2D eigenvalue weighted by atomic mass is 9.88. The van der Waals surface area contributed by atoms with Crippen LogP contribution in [-0.4, -0.2) is 35.7 Å². The normalized spacial score (nSPS) is 33.2. The van der Waals surface area contributed by atoms with Crippen LogP contribution in [0, 0.1) is 11.3 Å². The quantitative estimate of drug-likeness (QED) is 0.749. The van der Waals surface area contributed by atoms with Crippen molar-refractivity contribution in [3.8, 4) is 0 Å². The number of aliphatic hydroxyl groups excluding tert-OH is 1. The second-order valence-electron chi connectivity index (χ2n) is 5.44. The molecule has 1 rings (SSSR count). The zero-order valence-electron chi connectivity index (χ0n) is 10.1. The van der Waals surface area contributed by atoms with Gasteiger partial charge in [-0.15, -0.1) is 0 Å². The third kappa shape index (κ3) is 2.71. The lowest BCUT2D eigenvalue weighted by Gasteiger charge is -2.33. The first-order valence-corrected chi connectivity index (χ1v) is 5.85. The van der Waals surface area contributed by atoms with Crippen molar-refractivity contribution >= 4 is 0 Å². The molecule has 0 aromatic rings. The minimum Gasteiger partial charge on any atom is -0.396 e. The highest BCUT2D eigenvalue weighted by molar-refractivity contribution is 4.85. The number of hydrogen-bond acceptors (Lipinski definition) is 2. The van der Waals surface area contributed by atoms with E-state index in [0.717, 1.165) is 18.9 Å². The molecule has 0 aromatic carbocycles. The third-order valence-electron chi connectivity index (χ3n) is 3.73. The molecule has 3 atom stereocenters. The highest BCUT2D eigenvalue weighted by atomic mass is 16.3. The second kappa shape index (κ2) is 4.63. The lowest BCUT2D eigenvalue weighted by Crippen LogP contribution is -2.39. The largest absolute Gasteiger partial charge is 0.396 e. The number of likely N-dealkylation sites (tertiary alicyclic amines) is 1. The fourth-order valence-electron chi connectivity index (χ4n) is 2.37. The van der Waals surface area contributed by atoms with E-state index in [1.54, 1.807) is 0 Å². The van der Waals surface area contributed by atoms with E-state index in [1.807, 2.05) is 0 Å². The van der Waals surface area contributed by atoms with E-state index >= 15 is 0 Å². The molecular weight excluding hydrogens is 174 g/mol. The van der Waals surface area contributed by atoms with Crippen LogP contribution in [0.4, 0.5) is 0 Å². The van der Waals surface area contributed by atoms with E-state index < -0.39 is 0 Å². The molecule has 1 aliphatic rings. The number of rotatable bonds is 4. The maximum absolute atomic E-state index is 9.37. The van der Waals surface area contributed by atoms with Gasteiger partial charge in [-0.25, -0.2) is 0 Å². The predicted octanol–water partition coefficient (Wildman–Crippen LogP) is 2.13. The molecule has 0 radical (unpaired) electrons. The summed E-state index contributed by atoms with van der Waals surface area (Å²) in [6.45, 7) is 11.5. The second-order valence-corrected chi connectivity index (χ2v) is 5.44. The van der Waals surface area contributed by atoms with Crippen LogP contribution in [0.15, 0.2) is 0 Å². The molecule has 0 bridgehead atoms. The fourth-order valence-corrected chi connectivity index (χ4v) is 2.37. The maximum Gasteiger partial charge on any atom is 0.0496 e. The summed E-state index contributed by atoms with van der Waals surface area (Å²) < 4.78 is 0. The Labute approximate surface area is 88.3 Å². The van der Waals surface area contributed by atoms with Crippen molar-refractivity contribution in [1.29, 1.82) is 0 Å². The van der Waals surface area contributed by atoms with E-state index in [4.69, 9.17) is 0 Å². The van der Waals surface area contributed by atoms with Gasteiger partial charge in [0.25, 0.3) is 0 Å². The summed E-state index contributed by atoms with van der Waals surface area (Å²) in [6, 6.07) is 0.697. The first-order valence-electron chi connectivity index (χ1n) is 5.85. The third-order valence-corrected chi connectivity index (χ3v) is 3.73. The topological polar surface area (TPSA) is 23.5 Å². The molecule has 1 N–H and O–H groups in total. The Morgan fingerprint density at radius 3 is 2.43 bits per heavy atom. The molecule has 0 aliphatic carbocycles. The Morgan fingerprint density at radius 1 is 1.43 bits per heavy atom. The van der Waals surface area contributed by atoms with Gasteiger partial charge in [-0.1, -0.05) is 20.8 Å². The van der Waals surface area contributed by atoms with Gasteiger partial charge in [0.2, 0.25) is 0 Å². The highest BCUT2D eigenvalue weighted by Gasteiger charge is 2.32. The molecule has 14 heavy (non-hydrogen) atoms. The zero-order valence-corrected chi connectivity index (χ0v) is 10.1. The highest BCUT2D eigenvalue weighted by Crippen LogP contribution is 2.28. The monoisotopic (exact) mass is 199 g/mol. The molecule has 2 nitrogen and oxygen atoms in total. The van der Waals surface area contributed by atoms with Crippen LogP contribution in [0.2, 0.25) is 0 Å². The van der Waals surface area contributed by atoms with E-state index in [1.165, 1.54) is 13.0 Å². The minimum atomic E-state index is 0.0956. The van der Waals surface area contributed by atoms with Crippen molar-refractivity contribution in [2.24, 2.45) is 11.3 Å². The smallest absolute Gasteiger partial charge is 0.0496 e. The van der Waals surface area contributed by atoms with Crippen LogP contribution >= 0.6 is 0 Å². The Morgan fingerprint density at radius 2 is 2.07 bits per heavy atom. The van der Waals surface area contributed by atoms with Gasteiger partial charge in [0.05, 0.1) is 0 Å². The maximum atomic E-state index is 9.37. The Hall–Kier alpha value is -0.0800. The summed E-state index contributed by atoms with van der Waals surface area (Å²) in [5.74, 6) is 0.824. The van der Waals surface area contributed by atoms with Gasteiger partial charge in [-0.3, -0.25) is 4.90 Å². The average molecular weight is 199 g/mol. The molecule has 1 aliphatic heterocycles. The van der Waals surface area contributed by atoms with Crippen molar-refractivity contribution < 1.29 is 5.11 Å². The van der Waals surface area contributed by atoms with E-state index in [-0.39, 0.29) is 5.41 Å². The van der Waals surface area contributed by atoms with Crippen molar-refractivity contribution in [1.82, 2.24) is 4.90 Å². The fraction of sp³-hybridized carbons (Fsp3) is 1.00. The summed E-state index contributed by atoms with van der Waals surface area (Å²) in [4.78, 5) is 2.53. The van der Waals surface area contributed by atoms with Crippen LogP contribution in [0.25, 0.3) is 0 Å². The van der Waals surface area contributed by atoms with Gasteiger partial charge in [-0.2, -0.15) is 0 Å². The summed E-state index contributed by atoms with van der Waals surface area (Å²) in [6.07, 6.45) is 2.37. The average Bonchev–Trinajstić information content (AvgIpc) is 2.45. The van der Waals surface area contributed by atoms with Gasteiger partial charge in [-0.05, 0) is 25.7 Å². The molecule has 0 aromatic heterocycles. The molecular formula is C12H25NO. The van der Waals surface area contributed by atoms with Crippen LogP contribution < -0.4 is 0 Å². The SMILES string of the molecule is CCC(C)(CO)CN1CC(C)CC1C. The number of aliphatic hydroxyl groups is 1. The molecule has 0 amide bonds. The predicted molar refractivity (Wildman–Crippen MR) is 60.3 cm³/mol. The summed E-state index contributed by atoms with van der Waals surface area (Å²) >= 11 is 0. The van der Waals surface area contributed by atoms with Gasteiger partial charge >= 0.3 is 0 Å². The van der Waals surface area contributed by atoms with Gasteiger partial charge in [0.15, 0.2) is 0 Å². The standard InChI is InChI=1S/C12H25NO/c1-5-12(4,9-14)8-13-7-10(2)6-11(13)3/h10-11,14H,5-9H2,1-4H3. The molecule has 84 valence electrons. The van der Waals surface area contributed by atoms with Crippen LogP contribution in [0.5, 0.6) is 0 Å². The Kier molecular flexibility index (Phi) is 3.96. The van der Waals surface area contributed by atoms with E-state index in [0.29, 0.717) is 12.6 Å². The van der Waals surface area contributed by atoms with Crippen molar-refractivity contribution in [3.05, 3.63) is 0 Å². The first kappa shape index (κ1) is 12.0. The number of hydrogen-bond donors (Lipinski definition) is 1. The van der Waals surface area contributed by atoms with Crippen molar-refractivity contribution in [2.45, 2.75) is 46.6 Å². The summed E-state index contributed by atoms with van der Waals surface area (Å²) in [7, 11) is 0. The molecule has 1 fully saturated rings. The van der Waals surface area contributed by atoms with Crippen LogP contribution in [-0.2, 0) is 0 Å². The van der Waals surface area contributed by atoms with Gasteiger partial charge in [0, 0.05) is 31.2 Å². The molecule has 3 unspecified atom stereocenters. The van der Waals surface area contributed by atoms with Crippen molar-refractivity contribution in [2.75, 3.05) is 19.7 Å². The molecule has 1 heterocycles. The van der Waals surface area contributed by atoms with E-state index in [9.17, 15) is 5.11 Å². The minimum absolute atomic E-state index is 0.0956. The summed E-state index contributed by atoms with van der Waals surface area (Å²) in [5, 5.41) is 9.37. The molecule has 0 saturated carbocycles. The first-order chi connectivity index (χ1) is 6.50. The van der Waals surface area contributed by atoms with Gasteiger partial charge in [0.1, 0.15) is 0 Å². The van der Waals surface area contributed by atoms with Gasteiger partial charge < -0.3 is 5.11 Å². The van der Waals surface area contributed by atoms with Crippen molar-refractivity contribution in [3.63, 3.8) is 0 Å². The van der Waals surface area contributed by atoms with E-state index in [2.05, 4.69) is 32.6 Å². The Bertz CT molecular complexity index is 177. The Balaban J connectivity index is 2.51.